The second kappa shape index (κ2) is 5.87. The summed E-state index contributed by atoms with van der Waals surface area (Å²) < 4.78 is 0. The third-order valence-corrected chi connectivity index (χ3v) is 1.59. The molecule has 1 amide bonds. The van der Waals surface area contributed by atoms with E-state index >= 15 is 0 Å². The monoisotopic (exact) mass is 213 g/mol. The molecule has 0 aromatic heterocycles. The molecule has 84 valence electrons. The van der Waals surface area contributed by atoms with Crippen molar-refractivity contribution in [2.75, 3.05) is 13.6 Å². The van der Waals surface area contributed by atoms with Crippen molar-refractivity contribution >= 4 is 11.8 Å². The Morgan fingerprint density at radius 3 is 2.53 bits per heavy atom. The molecule has 0 unspecified atom stereocenters. The van der Waals surface area contributed by atoms with Gasteiger partial charge in [-0.3, -0.25) is 4.84 Å². The van der Waals surface area contributed by atoms with Crippen LogP contribution >= 0.6 is 0 Å². The zero-order valence-electron chi connectivity index (χ0n) is 9.31. The lowest BCUT2D eigenvalue weighted by atomic mass is 9.90. The van der Waals surface area contributed by atoms with Gasteiger partial charge in [-0.2, -0.15) is 0 Å². The van der Waals surface area contributed by atoms with Crippen LogP contribution in [0, 0.1) is 5.41 Å². The Hall–Kier alpha value is -1.75. The molecule has 0 aromatic carbocycles. The largest absolute Gasteiger partial charge is 0.433 e. The maximum atomic E-state index is 10.8. The second-order valence-electron chi connectivity index (χ2n) is 3.81. The van der Waals surface area contributed by atoms with E-state index in [1.807, 2.05) is 20.8 Å². The van der Waals surface area contributed by atoms with Crippen LogP contribution in [0.1, 0.15) is 20.8 Å². The molecular weight excluding hydrogens is 198 g/mol. The van der Waals surface area contributed by atoms with E-state index in [-0.39, 0.29) is 12.0 Å². The number of hydrogen-bond donors (Lipinski definition) is 1. The van der Waals surface area contributed by atoms with Crippen molar-refractivity contribution < 1.29 is 9.63 Å². The highest BCUT2D eigenvalue weighted by molar-refractivity contribution is 5.91. The molecule has 0 radical (unpaired) electrons. The van der Waals surface area contributed by atoms with Gasteiger partial charge in [-0.1, -0.05) is 31.0 Å². The molecule has 7 nitrogen and oxygen atoms in total. The van der Waals surface area contributed by atoms with Gasteiger partial charge in [0.15, 0.2) is 0 Å². The second-order valence-corrected chi connectivity index (χ2v) is 3.81. The summed E-state index contributed by atoms with van der Waals surface area (Å²) in [5.74, 6) is 0. The van der Waals surface area contributed by atoms with Crippen molar-refractivity contribution in [2.24, 2.45) is 15.7 Å². The van der Waals surface area contributed by atoms with Crippen LogP contribution in [0.5, 0.6) is 0 Å². The van der Waals surface area contributed by atoms with Crippen LogP contribution in [0.4, 0.5) is 4.79 Å². The van der Waals surface area contributed by atoms with Gasteiger partial charge in [-0.15, -0.1) is 0 Å². The Morgan fingerprint density at radius 1 is 1.53 bits per heavy atom. The van der Waals surface area contributed by atoms with Crippen LogP contribution in [-0.2, 0) is 4.84 Å². The SMILES string of the molecule is CNC(=O)O/N=C(\CN=[N+]=[N-])C(C)(C)C. The maximum Gasteiger partial charge on any atom is 0.433 e. The lowest BCUT2D eigenvalue weighted by molar-refractivity contribution is 0.151. The number of rotatable bonds is 3. The van der Waals surface area contributed by atoms with Gasteiger partial charge in [0.05, 0.1) is 12.3 Å². The van der Waals surface area contributed by atoms with Gasteiger partial charge in [0.25, 0.3) is 0 Å². The number of hydrogen-bond acceptors (Lipinski definition) is 4. The molecule has 0 saturated heterocycles. The summed E-state index contributed by atoms with van der Waals surface area (Å²) in [7, 11) is 1.43. The van der Waals surface area contributed by atoms with Gasteiger partial charge in [0.1, 0.15) is 0 Å². The molecule has 0 fully saturated rings. The molecule has 0 rings (SSSR count). The first-order chi connectivity index (χ1) is 6.91. The minimum Gasteiger partial charge on any atom is -0.323 e. The van der Waals surface area contributed by atoms with Crippen molar-refractivity contribution in [3.63, 3.8) is 0 Å². The molecule has 0 spiro atoms. The summed E-state index contributed by atoms with van der Waals surface area (Å²) in [6.07, 6.45) is -0.655. The minimum absolute atomic E-state index is 0.0804. The molecule has 0 aliphatic heterocycles. The van der Waals surface area contributed by atoms with Crippen LogP contribution in [0.2, 0.25) is 0 Å². The van der Waals surface area contributed by atoms with Gasteiger partial charge in [-0.05, 0) is 5.53 Å². The number of carbonyl (C=O) groups excluding carboxylic acids is 1. The fourth-order valence-electron chi connectivity index (χ4n) is 0.644. The van der Waals surface area contributed by atoms with Gasteiger partial charge < -0.3 is 5.32 Å². The fraction of sp³-hybridized carbons (Fsp3) is 0.750. The molecule has 0 bridgehead atoms. The number of nitrogens with one attached hydrogen (secondary N) is 1. The first-order valence-corrected chi connectivity index (χ1v) is 4.38. The lowest BCUT2D eigenvalue weighted by Crippen LogP contribution is -2.25. The van der Waals surface area contributed by atoms with E-state index < -0.39 is 6.09 Å². The molecular formula is C8H15N5O2. The summed E-state index contributed by atoms with van der Waals surface area (Å²) >= 11 is 0. The summed E-state index contributed by atoms with van der Waals surface area (Å²) in [4.78, 5) is 17.9. The number of nitrogens with zero attached hydrogens (tertiary/aromatic N) is 4. The number of azide groups is 1. The standard InChI is InChI=1S/C8H15N5O2/c1-8(2,3)6(5-11-13-9)12-15-7(14)10-4/h5H2,1-4H3,(H,10,14)/b12-6+. The van der Waals surface area contributed by atoms with E-state index in [2.05, 4.69) is 25.3 Å². The zero-order valence-corrected chi connectivity index (χ0v) is 9.31. The smallest absolute Gasteiger partial charge is 0.323 e. The van der Waals surface area contributed by atoms with Crippen LogP contribution in [-0.4, -0.2) is 25.4 Å². The highest BCUT2D eigenvalue weighted by Crippen LogP contribution is 2.16. The Kier molecular flexibility index (Phi) is 5.19. The van der Waals surface area contributed by atoms with E-state index in [9.17, 15) is 4.79 Å². The Morgan fingerprint density at radius 2 is 2.13 bits per heavy atom. The van der Waals surface area contributed by atoms with Gasteiger partial charge in [-0.25, -0.2) is 4.79 Å². The predicted molar refractivity (Wildman–Crippen MR) is 56.4 cm³/mol. The van der Waals surface area contributed by atoms with Gasteiger partial charge in [0.2, 0.25) is 0 Å². The van der Waals surface area contributed by atoms with E-state index in [0.29, 0.717) is 5.71 Å². The van der Waals surface area contributed by atoms with Crippen LogP contribution in [0.25, 0.3) is 10.4 Å². The zero-order chi connectivity index (χ0) is 11.9. The lowest BCUT2D eigenvalue weighted by Gasteiger charge is -2.18. The number of amides is 1. The summed E-state index contributed by atoms with van der Waals surface area (Å²) in [6, 6.07) is 0. The number of oxime groups is 1. The van der Waals surface area contributed by atoms with E-state index in [0.717, 1.165) is 0 Å². The van der Waals surface area contributed by atoms with Crippen molar-refractivity contribution in [3.05, 3.63) is 10.4 Å². The molecule has 0 aromatic rings. The average molecular weight is 213 g/mol. The van der Waals surface area contributed by atoms with Crippen molar-refractivity contribution in [1.29, 1.82) is 0 Å². The molecule has 1 N–H and O–H groups in total. The fourth-order valence-corrected chi connectivity index (χ4v) is 0.644. The van der Waals surface area contributed by atoms with E-state index in [4.69, 9.17) is 5.53 Å². The molecule has 0 atom stereocenters. The highest BCUT2D eigenvalue weighted by atomic mass is 16.7. The average Bonchev–Trinajstić information content (AvgIpc) is 2.15. The molecule has 7 heteroatoms. The Balaban J connectivity index is 4.62. The highest BCUT2D eigenvalue weighted by Gasteiger charge is 2.19. The Bertz CT molecular complexity index is 299. The molecule has 0 heterocycles. The molecule has 0 aliphatic carbocycles. The van der Waals surface area contributed by atoms with Gasteiger partial charge >= 0.3 is 6.09 Å². The summed E-state index contributed by atoms with van der Waals surface area (Å²) in [5.41, 5.74) is 8.37. The molecule has 0 saturated carbocycles. The first-order valence-electron chi connectivity index (χ1n) is 4.38. The quantitative estimate of drug-likeness (QED) is 0.194. The summed E-state index contributed by atoms with van der Waals surface area (Å²) in [5, 5.41) is 9.28. The normalized spacial score (nSPS) is 11.6. The van der Waals surface area contributed by atoms with Crippen LogP contribution in [0.15, 0.2) is 10.3 Å². The minimum atomic E-state index is -0.655. The summed E-state index contributed by atoms with van der Waals surface area (Å²) in [6.45, 7) is 5.72. The van der Waals surface area contributed by atoms with Crippen LogP contribution in [0.3, 0.4) is 0 Å². The predicted octanol–water partition coefficient (Wildman–Crippen LogP) is 2.05. The van der Waals surface area contributed by atoms with Crippen molar-refractivity contribution in [1.82, 2.24) is 5.32 Å². The molecule has 15 heavy (non-hydrogen) atoms. The third-order valence-electron chi connectivity index (χ3n) is 1.59. The van der Waals surface area contributed by atoms with Crippen molar-refractivity contribution in [2.45, 2.75) is 20.8 Å². The van der Waals surface area contributed by atoms with Crippen molar-refractivity contribution in [3.8, 4) is 0 Å². The van der Waals surface area contributed by atoms with Gasteiger partial charge in [0, 0.05) is 17.4 Å². The van der Waals surface area contributed by atoms with E-state index in [1.54, 1.807) is 0 Å². The molecule has 0 aliphatic rings. The van der Waals surface area contributed by atoms with Crippen LogP contribution < -0.4 is 5.32 Å². The van der Waals surface area contributed by atoms with E-state index in [1.165, 1.54) is 7.05 Å². The first kappa shape index (κ1) is 13.2. The third kappa shape index (κ3) is 5.53. The maximum absolute atomic E-state index is 10.8. The number of carbonyl (C=O) groups is 1. The topological polar surface area (TPSA) is 99.5 Å². The Labute approximate surface area is 88.1 Å².